The summed E-state index contributed by atoms with van der Waals surface area (Å²) in [7, 11) is 0. The summed E-state index contributed by atoms with van der Waals surface area (Å²) in [5.41, 5.74) is 2.82. The molecule has 0 aliphatic heterocycles. The Balaban J connectivity index is 1.75. The first-order valence-electron chi connectivity index (χ1n) is 8.37. The molecule has 3 rings (SSSR count). The van der Waals surface area contributed by atoms with Crippen molar-refractivity contribution in [2.75, 3.05) is 0 Å². The number of nitrogens with zero attached hydrogens (tertiary/aromatic N) is 2. The van der Waals surface area contributed by atoms with Crippen molar-refractivity contribution in [3.8, 4) is 17.3 Å². The van der Waals surface area contributed by atoms with Crippen molar-refractivity contribution < 1.29 is 4.39 Å². The Hall–Kier alpha value is -2.21. The van der Waals surface area contributed by atoms with Crippen LogP contribution in [0.2, 0.25) is 0 Å². The van der Waals surface area contributed by atoms with Crippen LogP contribution in [0.15, 0.2) is 36.5 Å². The first kappa shape index (κ1) is 15.7. The average Bonchev–Trinajstić information content (AvgIpc) is 2.62. The molecule has 0 radical (unpaired) electrons. The number of rotatable bonds is 3. The van der Waals surface area contributed by atoms with E-state index < -0.39 is 5.82 Å². The first-order chi connectivity index (χ1) is 11.2. The fourth-order valence-corrected chi connectivity index (χ4v) is 3.49. The van der Waals surface area contributed by atoms with Crippen molar-refractivity contribution >= 4 is 0 Å². The predicted molar refractivity (Wildman–Crippen MR) is 89.3 cm³/mol. The van der Waals surface area contributed by atoms with E-state index in [0.29, 0.717) is 11.5 Å². The molecule has 0 atom stereocenters. The summed E-state index contributed by atoms with van der Waals surface area (Å²) in [4.78, 5) is 4.51. The zero-order valence-electron chi connectivity index (χ0n) is 13.4. The van der Waals surface area contributed by atoms with E-state index in [-0.39, 0.29) is 5.56 Å². The molecule has 1 saturated carbocycles. The topological polar surface area (TPSA) is 36.7 Å². The van der Waals surface area contributed by atoms with Gasteiger partial charge in [0.25, 0.3) is 0 Å². The van der Waals surface area contributed by atoms with Crippen LogP contribution in [0.1, 0.15) is 56.1 Å². The van der Waals surface area contributed by atoms with Gasteiger partial charge < -0.3 is 0 Å². The van der Waals surface area contributed by atoms with Gasteiger partial charge in [-0.2, -0.15) is 5.26 Å². The Morgan fingerprint density at radius 2 is 1.96 bits per heavy atom. The molecule has 3 heteroatoms. The smallest absolute Gasteiger partial charge is 0.141 e. The van der Waals surface area contributed by atoms with E-state index >= 15 is 0 Å². The number of benzene rings is 1. The summed E-state index contributed by atoms with van der Waals surface area (Å²) >= 11 is 0. The summed E-state index contributed by atoms with van der Waals surface area (Å²) in [6.45, 7) is 2.28. The van der Waals surface area contributed by atoms with E-state index in [1.165, 1.54) is 49.8 Å². The number of hydrogen-bond donors (Lipinski definition) is 0. The average molecular weight is 308 g/mol. The second kappa shape index (κ2) is 6.91. The Morgan fingerprint density at radius 3 is 2.52 bits per heavy atom. The molecule has 1 aromatic carbocycles. The van der Waals surface area contributed by atoms with Gasteiger partial charge in [0.2, 0.25) is 0 Å². The molecule has 1 fully saturated rings. The van der Waals surface area contributed by atoms with Crippen molar-refractivity contribution in [3.63, 3.8) is 0 Å². The molecule has 1 aliphatic rings. The number of hydrogen-bond acceptors (Lipinski definition) is 2. The number of halogens is 1. The zero-order chi connectivity index (χ0) is 16.2. The van der Waals surface area contributed by atoms with Gasteiger partial charge >= 0.3 is 0 Å². The van der Waals surface area contributed by atoms with Gasteiger partial charge in [-0.3, -0.25) is 4.98 Å². The van der Waals surface area contributed by atoms with Crippen molar-refractivity contribution in [3.05, 3.63) is 53.5 Å². The molecular formula is C20H21FN2. The normalized spacial score (nSPS) is 20.9. The van der Waals surface area contributed by atoms with Crippen LogP contribution in [0, 0.1) is 23.1 Å². The zero-order valence-corrected chi connectivity index (χ0v) is 13.4. The third kappa shape index (κ3) is 3.42. The van der Waals surface area contributed by atoms with E-state index in [1.54, 1.807) is 6.07 Å². The van der Waals surface area contributed by atoms with Crippen LogP contribution in [0.3, 0.4) is 0 Å². The van der Waals surface area contributed by atoms with E-state index in [2.05, 4.69) is 18.0 Å². The second-order valence-electron chi connectivity index (χ2n) is 6.41. The third-order valence-electron chi connectivity index (χ3n) is 5.07. The van der Waals surface area contributed by atoms with Gasteiger partial charge in [-0.1, -0.05) is 25.5 Å². The molecule has 2 nitrogen and oxygen atoms in total. The van der Waals surface area contributed by atoms with Gasteiger partial charge in [-0.05, 0) is 61.3 Å². The lowest BCUT2D eigenvalue weighted by Gasteiger charge is -2.27. The molecule has 2 aromatic rings. The van der Waals surface area contributed by atoms with Crippen LogP contribution in [0.25, 0.3) is 11.3 Å². The van der Waals surface area contributed by atoms with Crippen molar-refractivity contribution in [2.24, 2.45) is 5.92 Å². The van der Waals surface area contributed by atoms with E-state index in [9.17, 15) is 4.39 Å². The molecule has 1 aromatic heterocycles. The summed E-state index contributed by atoms with van der Waals surface area (Å²) in [5.74, 6) is 1.01. The number of nitriles is 1. The molecule has 0 amide bonds. The maximum absolute atomic E-state index is 13.7. The van der Waals surface area contributed by atoms with E-state index in [4.69, 9.17) is 5.26 Å². The predicted octanol–water partition coefficient (Wildman–Crippen LogP) is 5.44. The Bertz CT molecular complexity index is 707. The highest BCUT2D eigenvalue weighted by atomic mass is 19.1. The number of pyridine rings is 1. The lowest BCUT2D eigenvalue weighted by Crippen LogP contribution is -2.12. The summed E-state index contributed by atoms with van der Waals surface area (Å²) in [5, 5.41) is 8.79. The van der Waals surface area contributed by atoms with Crippen LogP contribution >= 0.6 is 0 Å². The van der Waals surface area contributed by atoms with Gasteiger partial charge in [0.05, 0.1) is 11.3 Å². The fraction of sp³-hybridized carbons (Fsp3) is 0.400. The quantitative estimate of drug-likeness (QED) is 0.756. The molecular weight excluding hydrogens is 287 g/mol. The summed E-state index contributed by atoms with van der Waals surface area (Å²) in [6.07, 6.45) is 8.32. The molecule has 23 heavy (non-hydrogen) atoms. The highest BCUT2D eigenvalue weighted by Crippen LogP contribution is 2.37. The Kier molecular flexibility index (Phi) is 4.71. The minimum atomic E-state index is -0.492. The largest absolute Gasteiger partial charge is 0.256 e. The number of aromatic nitrogens is 1. The standard InChI is InChI=1S/C20H21FN2/c1-2-14-3-5-15(6-4-14)18-9-10-20(23-13-18)16-7-8-17(12-22)19(21)11-16/h7-11,13-15H,2-6H2,1H3. The molecule has 1 aliphatic carbocycles. The van der Waals surface area contributed by atoms with Crippen LogP contribution in [0.5, 0.6) is 0 Å². The molecule has 118 valence electrons. The van der Waals surface area contributed by atoms with Crippen LogP contribution in [0.4, 0.5) is 4.39 Å². The van der Waals surface area contributed by atoms with Crippen LogP contribution in [-0.4, -0.2) is 4.98 Å². The molecule has 0 bridgehead atoms. The van der Waals surface area contributed by atoms with Crippen molar-refractivity contribution in [2.45, 2.75) is 44.9 Å². The summed E-state index contributed by atoms with van der Waals surface area (Å²) in [6, 6.07) is 10.6. The van der Waals surface area contributed by atoms with Crippen LogP contribution in [-0.2, 0) is 0 Å². The van der Waals surface area contributed by atoms with Gasteiger partial charge in [0, 0.05) is 11.8 Å². The highest BCUT2D eigenvalue weighted by molar-refractivity contribution is 5.60. The summed E-state index contributed by atoms with van der Waals surface area (Å²) < 4.78 is 13.7. The molecule has 0 N–H and O–H groups in total. The highest BCUT2D eigenvalue weighted by Gasteiger charge is 2.21. The Morgan fingerprint density at radius 1 is 1.17 bits per heavy atom. The molecule has 0 unspecified atom stereocenters. The first-order valence-corrected chi connectivity index (χ1v) is 8.37. The molecule has 1 heterocycles. The maximum Gasteiger partial charge on any atom is 0.141 e. The van der Waals surface area contributed by atoms with Gasteiger partial charge in [0.1, 0.15) is 11.9 Å². The lowest BCUT2D eigenvalue weighted by atomic mass is 9.78. The van der Waals surface area contributed by atoms with Gasteiger partial charge in [-0.15, -0.1) is 0 Å². The van der Waals surface area contributed by atoms with E-state index in [0.717, 1.165) is 11.6 Å². The van der Waals surface area contributed by atoms with Gasteiger partial charge in [-0.25, -0.2) is 4.39 Å². The molecule has 0 saturated heterocycles. The van der Waals surface area contributed by atoms with E-state index in [1.807, 2.05) is 18.3 Å². The maximum atomic E-state index is 13.7. The van der Waals surface area contributed by atoms with Crippen LogP contribution < -0.4 is 0 Å². The minimum absolute atomic E-state index is 0.0676. The SMILES string of the molecule is CCC1CCC(c2ccc(-c3ccc(C#N)c(F)c3)nc2)CC1. The van der Waals surface area contributed by atoms with Gasteiger partial charge in [0.15, 0.2) is 0 Å². The van der Waals surface area contributed by atoms with Crippen molar-refractivity contribution in [1.82, 2.24) is 4.98 Å². The fourth-order valence-electron chi connectivity index (χ4n) is 3.49. The third-order valence-corrected chi connectivity index (χ3v) is 5.07. The Labute approximate surface area is 137 Å². The van der Waals surface area contributed by atoms with Crippen molar-refractivity contribution in [1.29, 1.82) is 5.26 Å². The minimum Gasteiger partial charge on any atom is -0.256 e. The monoisotopic (exact) mass is 308 g/mol. The molecule has 0 spiro atoms. The second-order valence-corrected chi connectivity index (χ2v) is 6.41. The lowest BCUT2D eigenvalue weighted by molar-refractivity contribution is 0.318.